The normalized spacial score (nSPS) is 12.8. The van der Waals surface area contributed by atoms with Gasteiger partial charge in [0.15, 0.2) is 0 Å². The number of hydrogen-bond acceptors (Lipinski definition) is 3. The Hall–Kier alpha value is -2.79. The maximum atomic E-state index is 13.2. The van der Waals surface area contributed by atoms with Crippen molar-refractivity contribution in [3.05, 3.63) is 88.0 Å². The minimum atomic E-state index is -7.32. The fourth-order valence-electron chi connectivity index (χ4n) is 4.82. The Balaban J connectivity index is 0.000000335. The average Bonchev–Trinajstić information content (AvgIpc) is 3.04. The molecule has 14 heteroatoms. The van der Waals surface area contributed by atoms with Crippen molar-refractivity contribution in [3.8, 4) is 5.75 Å². The Morgan fingerprint density at radius 3 is 1.21 bits per heavy atom. The molecule has 0 fully saturated rings. The van der Waals surface area contributed by atoms with Crippen LogP contribution in [-0.4, -0.2) is 31.7 Å². The van der Waals surface area contributed by atoms with Gasteiger partial charge < -0.3 is 4.18 Å². The number of halogens is 9. The van der Waals surface area contributed by atoms with Crippen molar-refractivity contribution in [2.45, 2.75) is 103 Å². The van der Waals surface area contributed by atoms with Crippen LogP contribution in [-0.2, 0) is 48.6 Å². The van der Waals surface area contributed by atoms with E-state index >= 15 is 0 Å². The van der Waals surface area contributed by atoms with Crippen molar-refractivity contribution < 1.29 is 52.1 Å². The first kappa shape index (κ1) is 41.4. The van der Waals surface area contributed by atoms with Gasteiger partial charge in [0.1, 0.15) is 5.75 Å². The van der Waals surface area contributed by atoms with Crippen molar-refractivity contribution in [1.82, 2.24) is 0 Å². The van der Waals surface area contributed by atoms with Gasteiger partial charge in [0.05, 0.1) is 0 Å². The van der Waals surface area contributed by atoms with Gasteiger partial charge in [-0.05, 0) is 94.6 Å². The van der Waals surface area contributed by atoms with Gasteiger partial charge in [0, 0.05) is 0 Å². The number of aryl methyl sites for hydroxylation is 6. The van der Waals surface area contributed by atoms with E-state index < -0.39 is 39.1 Å². The molecule has 0 aromatic heterocycles. The third kappa shape index (κ3) is 8.67. The minimum absolute atomic E-state index is 0.674. The van der Waals surface area contributed by atoms with Gasteiger partial charge in [0.25, 0.3) is 0 Å². The standard InChI is InChI=1S/C24H35P.C10H5F9O3S/c1-7-17-13-19(9-3)23(20(10-4)14-17)25-24-21(11-5)15-18(8-2)16-22(24)12-6;11-7(12,9(15,16)17)8(13,14)10(18,19)23(20,21)22-6-4-2-1-3-5-6/h13-16,25H,7-12H2,1-6H3;1-5H. The second-order valence-electron chi connectivity index (χ2n) is 10.8. The van der Waals surface area contributed by atoms with E-state index in [-0.39, 0.29) is 0 Å². The fourth-order valence-corrected chi connectivity index (χ4v) is 7.62. The zero-order chi connectivity index (χ0) is 36.7. The summed E-state index contributed by atoms with van der Waals surface area (Å²) in [7, 11) is -6.08. The molecule has 3 rings (SSSR count). The molecule has 3 aromatic carbocycles. The number of para-hydroxylation sites is 1. The molecule has 0 N–H and O–H groups in total. The molecular weight excluding hydrogens is 690 g/mol. The van der Waals surface area contributed by atoms with E-state index in [1.807, 2.05) is 0 Å². The van der Waals surface area contributed by atoms with Crippen molar-refractivity contribution in [2.75, 3.05) is 0 Å². The minimum Gasteiger partial charge on any atom is -0.378 e. The van der Waals surface area contributed by atoms with Crippen LogP contribution in [0.3, 0.4) is 0 Å². The molecule has 3 nitrogen and oxygen atoms in total. The Labute approximate surface area is 278 Å². The maximum absolute atomic E-state index is 13.2. The molecule has 0 saturated carbocycles. The van der Waals surface area contributed by atoms with E-state index in [4.69, 9.17) is 0 Å². The molecule has 268 valence electrons. The van der Waals surface area contributed by atoms with Crippen LogP contribution in [0.5, 0.6) is 5.75 Å². The lowest BCUT2D eigenvalue weighted by Gasteiger charge is -2.32. The SMILES string of the molecule is CCc1cc(CC)c(Pc2c(CC)cc(CC)cc2CC)c(CC)c1.O=S(=O)(Oc1ccccc1)C(F)(F)C(F)(F)C(F)(F)C(F)(F)F. The Kier molecular flexibility index (Phi) is 14.0. The fraction of sp³-hybridized carbons (Fsp3) is 0.471. The Morgan fingerprint density at radius 2 is 0.917 bits per heavy atom. The van der Waals surface area contributed by atoms with Crippen LogP contribution in [0.15, 0.2) is 54.6 Å². The van der Waals surface area contributed by atoms with E-state index in [0.717, 1.165) is 59.2 Å². The van der Waals surface area contributed by atoms with E-state index in [2.05, 4.69) is 70.0 Å². The van der Waals surface area contributed by atoms with Gasteiger partial charge >= 0.3 is 33.4 Å². The molecule has 0 saturated heterocycles. The monoisotopic (exact) mass is 730 g/mol. The summed E-state index contributed by atoms with van der Waals surface area (Å²) < 4.78 is 139. The van der Waals surface area contributed by atoms with Crippen LogP contribution in [0.1, 0.15) is 74.9 Å². The highest BCUT2D eigenvalue weighted by Gasteiger charge is 2.86. The summed E-state index contributed by atoms with van der Waals surface area (Å²) in [6, 6.07) is 14.4. The molecule has 0 aliphatic rings. The molecule has 48 heavy (non-hydrogen) atoms. The smallest absolute Gasteiger partial charge is 0.378 e. The molecule has 0 aliphatic heterocycles. The maximum Gasteiger partial charge on any atom is 0.460 e. The molecule has 0 spiro atoms. The number of alkyl halides is 9. The van der Waals surface area contributed by atoms with E-state index in [1.54, 1.807) is 32.9 Å². The van der Waals surface area contributed by atoms with Gasteiger partial charge in [-0.15, -0.1) is 0 Å². The number of hydrogen-bond donors (Lipinski definition) is 0. The summed E-state index contributed by atoms with van der Waals surface area (Å²) in [4.78, 5) is 0. The zero-order valence-electron chi connectivity index (χ0n) is 27.5. The van der Waals surface area contributed by atoms with Crippen LogP contribution >= 0.6 is 8.58 Å². The predicted molar refractivity (Wildman–Crippen MR) is 174 cm³/mol. The van der Waals surface area contributed by atoms with Crippen molar-refractivity contribution in [3.63, 3.8) is 0 Å². The largest absolute Gasteiger partial charge is 0.460 e. The highest BCUT2D eigenvalue weighted by molar-refractivity contribution is 7.88. The van der Waals surface area contributed by atoms with Crippen molar-refractivity contribution >= 4 is 29.3 Å². The first-order valence-corrected chi connectivity index (χ1v) is 17.9. The molecule has 0 radical (unpaired) electrons. The molecule has 0 amide bonds. The Bertz CT molecular complexity index is 1510. The first-order chi connectivity index (χ1) is 22.2. The quantitative estimate of drug-likeness (QED) is 0.100. The third-order valence-electron chi connectivity index (χ3n) is 7.69. The van der Waals surface area contributed by atoms with Gasteiger partial charge in [-0.25, -0.2) is 0 Å². The zero-order valence-corrected chi connectivity index (χ0v) is 29.3. The first-order valence-electron chi connectivity index (χ1n) is 15.4. The second kappa shape index (κ2) is 16.3. The van der Waals surface area contributed by atoms with Crippen LogP contribution in [0, 0.1) is 0 Å². The lowest BCUT2D eigenvalue weighted by Crippen LogP contribution is -2.63. The van der Waals surface area contributed by atoms with Crippen LogP contribution in [0.25, 0.3) is 0 Å². The molecule has 0 bridgehead atoms. The summed E-state index contributed by atoms with van der Waals surface area (Å²) in [5.41, 5.74) is 9.26. The molecule has 0 unspecified atom stereocenters. The molecular formula is C34H40F9O3PS. The summed E-state index contributed by atoms with van der Waals surface area (Å²) >= 11 is 0. The highest BCUT2D eigenvalue weighted by atomic mass is 32.2. The molecule has 0 atom stereocenters. The van der Waals surface area contributed by atoms with Crippen LogP contribution < -0.4 is 14.8 Å². The van der Waals surface area contributed by atoms with E-state index in [1.165, 1.54) is 17.2 Å². The lowest BCUT2D eigenvalue weighted by atomic mass is 10.0. The molecule has 3 aromatic rings. The van der Waals surface area contributed by atoms with Gasteiger partial charge in [-0.3, -0.25) is 0 Å². The highest BCUT2D eigenvalue weighted by Crippen LogP contribution is 2.55. The second-order valence-corrected chi connectivity index (χ2v) is 13.7. The lowest BCUT2D eigenvalue weighted by molar-refractivity contribution is -0.382. The van der Waals surface area contributed by atoms with Gasteiger partial charge in [-0.1, -0.05) is 92.6 Å². The third-order valence-corrected chi connectivity index (χ3v) is 10.8. The number of rotatable bonds is 13. The van der Waals surface area contributed by atoms with Crippen LogP contribution in [0.4, 0.5) is 39.5 Å². The molecule has 0 aliphatic carbocycles. The van der Waals surface area contributed by atoms with E-state index in [0.29, 0.717) is 12.1 Å². The molecule has 0 heterocycles. The Morgan fingerprint density at radius 1 is 0.562 bits per heavy atom. The summed E-state index contributed by atoms with van der Waals surface area (Å²) in [6.45, 7) is 13.8. The average molecular weight is 731 g/mol. The summed E-state index contributed by atoms with van der Waals surface area (Å²) in [5.74, 6) is -15.6. The van der Waals surface area contributed by atoms with Crippen LogP contribution in [0.2, 0.25) is 0 Å². The van der Waals surface area contributed by atoms with Gasteiger partial charge in [-0.2, -0.15) is 47.9 Å². The van der Waals surface area contributed by atoms with Gasteiger partial charge in [0.2, 0.25) is 0 Å². The number of benzene rings is 3. The summed E-state index contributed by atoms with van der Waals surface area (Å²) in [5, 5.41) is -3.62. The predicted octanol–water partition coefficient (Wildman–Crippen LogP) is 9.51. The van der Waals surface area contributed by atoms with Crippen molar-refractivity contribution in [2.24, 2.45) is 0 Å². The van der Waals surface area contributed by atoms with E-state index in [9.17, 15) is 47.9 Å². The summed E-state index contributed by atoms with van der Waals surface area (Å²) in [6.07, 6.45) is -0.303. The topological polar surface area (TPSA) is 43.4 Å². The van der Waals surface area contributed by atoms with Crippen molar-refractivity contribution in [1.29, 1.82) is 0 Å².